The Balaban J connectivity index is 1.74. The number of hydrogen-bond acceptors (Lipinski definition) is 2. The molecule has 2 aromatic carbocycles. The molecule has 0 aliphatic heterocycles. The number of nitrogens with one attached hydrogen (secondary N) is 3. The van der Waals surface area contributed by atoms with Crippen molar-refractivity contribution in [2.45, 2.75) is 12.6 Å². The average molecular weight is 390 g/mol. The van der Waals surface area contributed by atoms with Crippen LogP contribution in [-0.2, 0) is 12.6 Å². The Morgan fingerprint density at radius 3 is 2.39 bits per heavy atom. The van der Waals surface area contributed by atoms with Gasteiger partial charge in [0.15, 0.2) is 0 Å². The molecule has 3 aromatic rings. The highest BCUT2D eigenvalue weighted by Gasteiger charge is 2.33. The SMILES string of the molecule is CN(C)CCc1cc(NC(=O)Nc2ccc3[nH]ccc3c2)ccc1C(F)(F)F. The first-order valence-corrected chi connectivity index (χ1v) is 8.72. The van der Waals surface area contributed by atoms with Crippen LogP contribution in [0.5, 0.6) is 0 Å². The summed E-state index contributed by atoms with van der Waals surface area (Å²) in [6.45, 7) is 0.468. The van der Waals surface area contributed by atoms with Crippen molar-refractivity contribution >= 4 is 28.3 Å². The topological polar surface area (TPSA) is 60.2 Å². The summed E-state index contributed by atoms with van der Waals surface area (Å²) in [5, 5.41) is 6.24. The maximum absolute atomic E-state index is 13.2. The van der Waals surface area contributed by atoms with Gasteiger partial charge in [0.05, 0.1) is 5.56 Å². The van der Waals surface area contributed by atoms with E-state index >= 15 is 0 Å². The van der Waals surface area contributed by atoms with Gasteiger partial charge in [-0.25, -0.2) is 4.79 Å². The van der Waals surface area contributed by atoms with Crippen LogP contribution < -0.4 is 10.6 Å². The fourth-order valence-electron chi connectivity index (χ4n) is 2.92. The van der Waals surface area contributed by atoms with Crippen molar-refractivity contribution < 1.29 is 18.0 Å². The lowest BCUT2D eigenvalue weighted by molar-refractivity contribution is -0.138. The molecule has 3 rings (SSSR count). The van der Waals surface area contributed by atoms with E-state index in [0.717, 1.165) is 17.0 Å². The van der Waals surface area contributed by atoms with Gasteiger partial charge in [0.2, 0.25) is 0 Å². The second-order valence-electron chi connectivity index (χ2n) is 6.78. The summed E-state index contributed by atoms with van der Waals surface area (Å²) in [6, 6.07) is 10.4. The molecule has 8 heteroatoms. The molecule has 0 aliphatic rings. The molecule has 3 N–H and O–H groups in total. The van der Waals surface area contributed by atoms with Crippen molar-refractivity contribution in [1.82, 2.24) is 9.88 Å². The number of anilines is 2. The minimum atomic E-state index is -4.44. The number of urea groups is 1. The number of aromatic nitrogens is 1. The molecule has 1 heterocycles. The van der Waals surface area contributed by atoms with E-state index in [2.05, 4.69) is 15.6 Å². The van der Waals surface area contributed by atoms with Crippen LogP contribution in [0.4, 0.5) is 29.3 Å². The maximum atomic E-state index is 13.2. The number of halogens is 3. The molecule has 28 heavy (non-hydrogen) atoms. The Bertz CT molecular complexity index is 979. The average Bonchev–Trinajstić information content (AvgIpc) is 3.06. The molecule has 2 amide bonds. The van der Waals surface area contributed by atoms with Crippen LogP contribution in [0.25, 0.3) is 10.9 Å². The molecule has 0 radical (unpaired) electrons. The fourth-order valence-corrected chi connectivity index (χ4v) is 2.92. The highest BCUT2D eigenvalue weighted by Crippen LogP contribution is 2.33. The van der Waals surface area contributed by atoms with Crippen molar-refractivity contribution in [2.75, 3.05) is 31.3 Å². The number of amides is 2. The number of nitrogens with zero attached hydrogens (tertiary/aromatic N) is 1. The van der Waals surface area contributed by atoms with Gasteiger partial charge in [0.25, 0.3) is 0 Å². The normalized spacial score (nSPS) is 11.8. The lowest BCUT2D eigenvalue weighted by Crippen LogP contribution is -2.21. The van der Waals surface area contributed by atoms with Crippen LogP contribution >= 0.6 is 0 Å². The largest absolute Gasteiger partial charge is 0.416 e. The predicted octanol–water partition coefficient (Wildman–Crippen LogP) is 4.93. The summed E-state index contributed by atoms with van der Waals surface area (Å²) in [4.78, 5) is 17.1. The van der Waals surface area contributed by atoms with Gasteiger partial charge in [-0.05, 0) is 68.5 Å². The van der Waals surface area contributed by atoms with Crippen molar-refractivity contribution in [3.05, 3.63) is 59.8 Å². The van der Waals surface area contributed by atoms with Crippen LogP contribution in [0.15, 0.2) is 48.7 Å². The van der Waals surface area contributed by atoms with Crippen LogP contribution in [0, 0.1) is 0 Å². The molecule has 0 spiro atoms. The molecule has 0 bridgehead atoms. The Morgan fingerprint density at radius 1 is 1.04 bits per heavy atom. The molecule has 0 aliphatic carbocycles. The smallest absolute Gasteiger partial charge is 0.361 e. The number of rotatable bonds is 5. The molecule has 0 saturated carbocycles. The standard InChI is InChI=1S/C20H21F3N4O/c1-27(2)10-8-13-11-15(3-5-17(13)20(21,22)23)25-19(28)26-16-4-6-18-14(12-16)7-9-24-18/h3-7,9,11-12,24H,8,10H2,1-2H3,(H2,25,26,28). The summed E-state index contributed by atoms with van der Waals surface area (Å²) >= 11 is 0. The monoisotopic (exact) mass is 390 g/mol. The number of carbonyl (C=O) groups is 1. The fraction of sp³-hybridized carbons (Fsp3) is 0.250. The number of aromatic amines is 1. The predicted molar refractivity (Wildman–Crippen MR) is 105 cm³/mol. The van der Waals surface area contributed by atoms with Gasteiger partial charge in [-0.1, -0.05) is 0 Å². The first-order chi connectivity index (χ1) is 13.2. The second-order valence-corrected chi connectivity index (χ2v) is 6.78. The summed E-state index contributed by atoms with van der Waals surface area (Å²) in [7, 11) is 3.59. The number of alkyl halides is 3. The lowest BCUT2D eigenvalue weighted by atomic mass is 10.0. The van der Waals surface area contributed by atoms with Crippen molar-refractivity contribution in [3.63, 3.8) is 0 Å². The summed E-state index contributed by atoms with van der Waals surface area (Å²) in [5.41, 5.74) is 1.30. The van der Waals surface area contributed by atoms with Gasteiger partial charge in [0, 0.05) is 35.0 Å². The number of H-pyrrole nitrogens is 1. The number of benzene rings is 2. The van der Waals surface area contributed by atoms with Crippen molar-refractivity contribution in [1.29, 1.82) is 0 Å². The van der Waals surface area contributed by atoms with Crippen molar-refractivity contribution in [3.8, 4) is 0 Å². The highest BCUT2D eigenvalue weighted by atomic mass is 19.4. The zero-order valence-electron chi connectivity index (χ0n) is 15.5. The van der Waals surface area contributed by atoms with Crippen LogP contribution in [0.2, 0.25) is 0 Å². The Kier molecular flexibility index (Phi) is 5.60. The van der Waals surface area contributed by atoms with E-state index in [4.69, 9.17) is 0 Å². The highest BCUT2D eigenvalue weighted by molar-refractivity contribution is 6.01. The molecule has 0 unspecified atom stereocenters. The Morgan fingerprint density at radius 2 is 1.71 bits per heavy atom. The maximum Gasteiger partial charge on any atom is 0.416 e. The molecular formula is C20H21F3N4O. The quantitative estimate of drug-likeness (QED) is 0.578. The van der Waals surface area contributed by atoms with E-state index in [0.29, 0.717) is 17.9 Å². The van der Waals surface area contributed by atoms with Crippen LogP contribution in [-0.4, -0.2) is 36.6 Å². The third-order valence-electron chi connectivity index (χ3n) is 4.31. The first-order valence-electron chi connectivity index (χ1n) is 8.72. The van der Waals surface area contributed by atoms with Gasteiger partial charge in [-0.3, -0.25) is 0 Å². The summed E-state index contributed by atoms with van der Waals surface area (Å²) in [5.74, 6) is 0. The number of likely N-dealkylation sites (N-methyl/N-ethyl adjacent to an activating group) is 1. The van der Waals surface area contributed by atoms with Gasteiger partial charge in [-0.15, -0.1) is 0 Å². The summed E-state index contributed by atoms with van der Waals surface area (Å²) < 4.78 is 39.7. The van der Waals surface area contributed by atoms with Gasteiger partial charge in [0.1, 0.15) is 0 Å². The number of hydrogen-bond donors (Lipinski definition) is 3. The van der Waals surface area contributed by atoms with Gasteiger partial charge < -0.3 is 20.5 Å². The molecular weight excluding hydrogens is 369 g/mol. The minimum absolute atomic E-state index is 0.146. The third-order valence-corrected chi connectivity index (χ3v) is 4.31. The van der Waals surface area contributed by atoms with Crippen LogP contribution in [0.3, 0.4) is 0 Å². The molecule has 0 atom stereocenters. The van der Waals surface area contributed by atoms with Gasteiger partial charge >= 0.3 is 12.2 Å². The van der Waals surface area contributed by atoms with E-state index in [1.165, 1.54) is 12.1 Å². The number of fused-ring (bicyclic) bond motifs is 1. The Labute approximate surface area is 160 Å². The molecule has 148 valence electrons. The zero-order valence-corrected chi connectivity index (χ0v) is 15.5. The Hall–Kier alpha value is -3.00. The van der Waals surface area contributed by atoms with Gasteiger partial charge in [-0.2, -0.15) is 13.2 Å². The third kappa shape index (κ3) is 4.83. The molecule has 0 fully saturated rings. The number of carbonyl (C=O) groups excluding carboxylic acids is 1. The van der Waals surface area contributed by atoms with Crippen molar-refractivity contribution in [2.24, 2.45) is 0 Å². The molecule has 5 nitrogen and oxygen atoms in total. The van der Waals surface area contributed by atoms with E-state index in [-0.39, 0.29) is 12.0 Å². The van der Waals surface area contributed by atoms with E-state index in [1.807, 2.05) is 17.0 Å². The first kappa shape index (κ1) is 19.8. The zero-order chi connectivity index (χ0) is 20.3. The second kappa shape index (κ2) is 7.93. The van der Waals surface area contributed by atoms with E-state index < -0.39 is 17.8 Å². The van der Waals surface area contributed by atoms with Crippen LogP contribution in [0.1, 0.15) is 11.1 Å². The molecule has 1 aromatic heterocycles. The molecule has 0 saturated heterocycles. The van der Waals surface area contributed by atoms with E-state index in [9.17, 15) is 18.0 Å². The van der Waals surface area contributed by atoms with E-state index in [1.54, 1.807) is 32.4 Å². The minimum Gasteiger partial charge on any atom is -0.361 e. The summed E-state index contributed by atoms with van der Waals surface area (Å²) in [6.07, 6.45) is -2.41. The lowest BCUT2D eigenvalue weighted by Gasteiger charge is -2.17.